The van der Waals surface area contributed by atoms with E-state index in [9.17, 15) is 12.8 Å². The zero-order valence-electron chi connectivity index (χ0n) is 10.9. The molecule has 0 aromatic heterocycles. The van der Waals surface area contributed by atoms with Crippen LogP contribution in [0.4, 0.5) is 10.1 Å². The van der Waals surface area contributed by atoms with Crippen LogP contribution in [0.25, 0.3) is 0 Å². The van der Waals surface area contributed by atoms with E-state index < -0.39 is 20.7 Å². The number of nitrogens with one attached hydrogen (secondary N) is 1. The van der Waals surface area contributed by atoms with Gasteiger partial charge in [-0.1, -0.05) is 12.2 Å². The van der Waals surface area contributed by atoms with Gasteiger partial charge in [0.05, 0.1) is 13.2 Å². The van der Waals surface area contributed by atoms with Crippen molar-refractivity contribution < 1.29 is 17.5 Å². The van der Waals surface area contributed by atoms with Crippen LogP contribution in [-0.4, -0.2) is 28.2 Å². The molecular formula is C12H16BrFN2O3S. The highest BCUT2D eigenvalue weighted by Gasteiger charge is 2.20. The normalized spacial score (nSPS) is 11.6. The fraction of sp³-hybridized carbons (Fsp3) is 0.333. The fourth-order valence-electron chi connectivity index (χ4n) is 1.32. The standard InChI is InChI=1S/C12H16BrFN2O3S/c1-8(2)7-19-4-3-16-20(17,18)12-6-11(15)9(13)5-10(12)14/h5-6,16H,1,3-4,7,15H2,2H3. The highest BCUT2D eigenvalue weighted by molar-refractivity contribution is 9.10. The van der Waals surface area contributed by atoms with E-state index in [4.69, 9.17) is 10.5 Å². The summed E-state index contributed by atoms with van der Waals surface area (Å²) in [6.45, 7) is 5.99. The van der Waals surface area contributed by atoms with E-state index in [0.29, 0.717) is 11.1 Å². The Morgan fingerprint density at radius 3 is 2.80 bits per heavy atom. The number of anilines is 1. The third-order valence-electron chi connectivity index (χ3n) is 2.23. The third kappa shape index (κ3) is 4.86. The predicted molar refractivity (Wildman–Crippen MR) is 79.3 cm³/mol. The van der Waals surface area contributed by atoms with Gasteiger partial charge < -0.3 is 10.5 Å². The molecule has 112 valence electrons. The molecular weight excluding hydrogens is 351 g/mol. The molecule has 0 saturated carbocycles. The highest BCUT2D eigenvalue weighted by atomic mass is 79.9. The van der Waals surface area contributed by atoms with Crippen LogP contribution in [0.5, 0.6) is 0 Å². The van der Waals surface area contributed by atoms with Gasteiger partial charge in [0, 0.05) is 16.7 Å². The van der Waals surface area contributed by atoms with Gasteiger partial charge in [-0.2, -0.15) is 0 Å². The van der Waals surface area contributed by atoms with Gasteiger partial charge >= 0.3 is 0 Å². The van der Waals surface area contributed by atoms with Crippen LogP contribution in [0.2, 0.25) is 0 Å². The lowest BCUT2D eigenvalue weighted by molar-refractivity contribution is 0.162. The Labute approximate surface area is 126 Å². The van der Waals surface area contributed by atoms with Crippen molar-refractivity contribution in [2.45, 2.75) is 11.8 Å². The number of nitrogen functional groups attached to an aromatic ring is 1. The molecule has 0 aliphatic rings. The molecule has 0 amide bonds. The van der Waals surface area contributed by atoms with Crippen molar-refractivity contribution in [2.24, 2.45) is 0 Å². The van der Waals surface area contributed by atoms with Crippen LogP contribution in [0.3, 0.4) is 0 Å². The lowest BCUT2D eigenvalue weighted by atomic mass is 10.3. The summed E-state index contributed by atoms with van der Waals surface area (Å²) in [5.41, 5.74) is 6.53. The van der Waals surface area contributed by atoms with Crippen molar-refractivity contribution in [1.82, 2.24) is 4.72 Å². The van der Waals surface area contributed by atoms with Crippen LogP contribution in [-0.2, 0) is 14.8 Å². The lowest BCUT2D eigenvalue weighted by Gasteiger charge is -2.09. The van der Waals surface area contributed by atoms with Crippen LogP contribution in [0, 0.1) is 5.82 Å². The molecule has 0 bridgehead atoms. The van der Waals surface area contributed by atoms with Gasteiger partial charge in [0.15, 0.2) is 0 Å². The minimum absolute atomic E-state index is 0.0328. The van der Waals surface area contributed by atoms with Crippen LogP contribution in [0.15, 0.2) is 33.7 Å². The average molecular weight is 367 g/mol. The van der Waals surface area contributed by atoms with Gasteiger partial charge in [0.2, 0.25) is 10.0 Å². The Kier molecular flexibility index (Phi) is 6.12. The zero-order valence-corrected chi connectivity index (χ0v) is 13.4. The number of hydrogen-bond donors (Lipinski definition) is 2. The van der Waals surface area contributed by atoms with Gasteiger partial charge in [-0.3, -0.25) is 0 Å². The third-order valence-corrected chi connectivity index (χ3v) is 4.39. The Morgan fingerprint density at radius 2 is 2.20 bits per heavy atom. The Balaban J connectivity index is 2.70. The molecule has 1 rings (SSSR count). The molecule has 0 saturated heterocycles. The second-order valence-corrected chi connectivity index (χ2v) is 6.80. The summed E-state index contributed by atoms with van der Waals surface area (Å²) in [6.07, 6.45) is 0. The van der Waals surface area contributed by atoms with E-state index in [1.54, 1.807) is 6.92 Å². The van der Waals surface area contributed by atoms with E-state index in [1.807, 2.05) is 0 Å². The SMILES string of the molecule is C=C(C)COCCNS(=O)(=O)c1cc(N)c(Br)cc1F. The first-order chi connectivity index (χ1) is 9.24. The maximum absolute atomic E-state index is 13.7. The summed E-state index contributed by atoms with van der Waals surface area (Å²) in [6, 6.07) is 2.08. The van der Waals surface area contributed by atoms with E-state index in [-0.39, 0.29) is 18.8 Å². The first-order valence-electron chi connectivity index (χ1n) is 5.70. The fourth-order valence-corrected chi connectivity index (χ4v) is 2.74. The van der Waals surface area contributed by atoms with Gasteiger partial charge in [-0.15, -0.1) is 0 Å². The molecule has 0 aliphatic carbocycles. The van der Waals surface area contributed by atoms with Crippen molar-refractivity contribution in [3.8, 4) is 0 Å². The van der Waals surface area contributed by atoms with E-state index >= 15 is 0 Å². The number of ether oxygens (including phenoxy) is 1. The largest absolute Gasteiger partial charge is 0.398 e. The summed E-state index contributed by atoms with van der Waals surface area (Å²) < 4.78 is 45.2. The zero-order chi connectivity index (χ0) is 15.3. The molecule has 3 N–H and O–H groups in total. The van der Waals surface area contributed by atoms with Gasteiger partial charge in [0.25, 0.3) is 0 Å². The second-order valence-electron chi connectivity index (χ2n) is 4.21. The van der Waals surface area contributed by atoms with Crippen LogP contribution < -0.4 is 10.5 Å². The van der Waals surface area contributed by atoms with Crippen molar-refractivity contribution in [3.63, 3.8) is 0 Å². The predicted octanol–water partition coefficient (Wildman–Crippen LogP) is 2.04. The number of rotatable bonds is 7. The molecule has 0 heterocycles. The molecule has 0 atom stereocenters. The lowest BCUT2D eigenvalue weighted by Crippen LogP contribution is -2.28. The average Bonchev–Trinajstić information content (AvgIpc) is 2.32. The molecule has 0 unspecified atom stereocenters. The van der Waals surface area contributed by atoms with E-state index in [0.717, 1.165) is 17.7 Å². The summed E-state index contributed by atoms with van der Waals surface area (Å²) in [5, 5.41) is 0. The van der Waals surface area contributed by atoms with Crippen LogP contribution in [0.1, 0.15) is 6.92 Å². The number of hydrogen-bond acceptors (Lipinski definition) is 4. The van der Waals surface area contributed by atoms with Gasteiger partial charge in [-0.05, 0) is 35.0 Å². The smallest absolute Gasteiger partial charge is 0.243 e. The van der Waals surface area contributed by atoms with E-state index in [1.165, 1.54) is 0 Å². The molecule has 1 aromatic rings. The van der Waals surface area contributed by atoms with Gasteiger partial charge in [-0.25, -0.2) is 17.5 Å². The molecule has 5 nitrogen and oxygen atoms in total. The van der Waals surface area contributed by atoms with Crippen molar-refractivity contribution >= 4 is 31.6 Å². The number of benzene rings is 1. The van der Waals surface area contributed by atoms with Crippen molar-refractivity contribution in [1.29, 1.82) is 0 Å². The molecule has 0 radical (unpaired) electrons. The topological polar surface area (TPSA) is 81.4 Å². The molecule has 0 aliphatic heterocycles. The monoisotopic (exact) mass is 366 g/mol. The quantitative estimate of drug-likeness (QED) is 0.439. The maximum Gasteiger partial charge on any atom is 0.243 e. The molecule has 20 heavy (non-hydrogen) atoms. The minimum Gasteiger partial charge on any atom is -0.398 e. The first kappa shape index (κ1) is 17.1. The molecule has 0 fully saturated rings. The van der Waals surface area contributed by atoms with E-state index in [2.05, 4.69) is 27.2 Å². The molecule has 0 spiro atoms. The number of nitrogens with two attached hydrogens (primary N) is 1. The number of sulfonamides is 1. The first-order valence-corrected chi connectivity index (χ1v) is 7.98. The van der Waals surface area contributed by atoms with Crippen LogP contribution >= 0.6 is 15.9 Å². The molecule has 1 aromatic carbocycles. The van der Waals surface area contributed by atoms with Gasteiger partial charge in [0.1, 0.15) is 10.7 Å². The number of halogens is 2. The summed E-state index contributed by atoms with van der Waals surface area (Å²) in [5.74, 6) is -0.874. The summed E-state index contributed by atoms with van der Waals surface area (Å²) >= 11 is 3.03. The Morgan fingerprint density at radius 1 is 1.55 bits per heavy atom. The van der Waals surface area contributed by atoms with Crippen molar-refractivity contribution in [2.75, 3.05) is 25.5 Å². The Bertz CT molecular complexity index is 605. The van der Waals surface area contributed by atoms with Crippen molar-refractivity contribution in [3.05, 3.63) is 34.6 Å². The summed E-state index contributed by atoms with van der Waals surface area (Å²) in [7, 11) is -3.96. The maximum atomic E-state index is 13.7. The minimum atomic E-state index is -3.96. The summed E-state index contributed by atoms with van der Waals surface area (Å²) in [4.78, 5) is -0.488. The second kappa shape index (κ2) is 7.16. The Hall–Kier alpha value is -0.960. The molecule has 8 heteroatoms. The highest BCUT2D eigenvalue weighted by Crippen LogP contribution is 2.25.